The van der Waals surface area contributed by atoms with Crippen molar-refractivity contribution >= 4 is 17.4 Å². The zero-order valence-corrected chi connectivity index (χ0v) is 11.1. The molecule has 0 aromatic carbocycles. The number of aromatic nitrogens is 2. The lowest BCUT2D eigenvalue weighted by Gasteiger charge is -2.36. The Kier molecular flexibility index (Phi) is 3.63. The molecule has 90 valence electrons. The average Bonchev–Trinajstić information content (AvgIpc) is 2.18. The molecule has 5 heteroatoms. The van der Waals surface area contributed by atoms with Crippen LogP contribution in [0.5, 0.6) is 0 Å². The van der Waals surface area contributed by atoms with Crippen molar-refractivity contribution in [2.24, 2.45) is 5.41 Å². The van der Waals surface area contributed by atoms with E-state index in [1.165, 1.54) is 6.33 Å². The molecule has 1 atom stereocenters. The lowest BCUT2D eigenvalue weighted by atomic mass is 9.87. The lowest BCUT2D eigenvalue weighted by Crippen LogP contribution is -2.40. The second-order valence-corrected chi connectivity index (χ2v) is 5.40. The van der Waals surface area contributed by atoms with Gasteiger partial charge in [-0.05, 0) is 12.3 Å². The van der Waals surface area contributed by atoms with Gasteiger partial charge < -0.3 is 9.88 Å². The number of H-pyrrole nitrogens is 1. The molecule has 0 aliphatic carbocycles. The van der Waals surface area contributed by atoms with Crippen LogP contribution in [-0.4, -0.2) is 23.1 Å². The van der Waals surface area contributed by atoms with Gasteiger partial charge >= 0.3 is 0 Å². The highest BCUT2D eigenvalue weighted by Gasteiger charge is 2.26. The summed E-state index contributed by atoms with van der Waals surface area (Å²) in [5.41, 5.74) is -0.220. The molecule has 4 nitrogen and oxygen atoms in total. The van der Waals surface area contributed by atoms with Crippen LogP contribution in [-0.2, 0) is 0 Å². The van der Waals surface area contributed by atoms with Crippen LogP contribution in [0.15, 0.2) is 11.1 Å². The van der Waals surface area contributed by atoms with E-state index in [9.17, 15) is 4.79 Å². The zero-order chi connectivity index (χ0) is 12.5. The molecule has 0 fully saturated rings. The first-order valence-electron chi connectivity index (χ1n) is 5.21. The van der Waals surface area contributed by atoms with Gasteiger partial charge in [-0.3, -0.25) is 4.79 Å². The molecule has 1 unspecified atom stereocenters. The monoisotopic (exact) mass is 243 g/mol. The molecule has 0 radical (unpaired) electrons. The summed E-state index contributed by atoms with van der Waals surface area (Å²) in [5.74, 6) is 0.521. The van der Waals surface area contributed by atoms with E-state index in [0.29, 0.717) is 5.82 Å². The fourth-order valence-electron chi connectivity index (χ4n) is 1.38. The van der Waals surface area contributed by atoms with Crippen LogP contribution in [0.25, 0.3) is 0 Å². The maximum absolute atomic E-state index is 11.4. The molecule has 1 aromatic rings. The maximum atomic E-state index is 11.4. The van der Waals surface area contributed by atoms with E-state index in [4.69, 9.17) is 11.6 Å². The molecule has 1 rings (SSSR count). The van der Waals surface area contributed by atoms with E-state index in [1.54, 1.807) is 0 Å². The second-order valence-electron chi connectivity index (χ2n) is 5.02. The van der Waals surface area contributed by atoms with Gasteiger partial charge in [-0.2, -0.15) is 0 Å². The Hall–Kier alpha value is -1.03. The molecule has 16 heavy (non-hydrogen) atoms. The third-order valence-corrected chi connectivity index (χ3v) is 3.29. The Labute approximate surface area is 101 Å². The van der Waals surface area contributed by atoms with Gasteiger partial charge in [0.2, 0.25) is 0 Å². The number of nitrogens with one attached hydrogen (secondary N) is 1. The van der Waals surface area contributed by atoms with Crippen molar-refractivity contribution in [1.82, 2.24) is 9.97 Å². The van der Waals surface area contributed by atoms with Crippen LogP contribution in [0.2, 0.25) is 5.02 Å². The van der Waals surface area contributed by atoms with E-state index < -0.39 is 0 Å². The van der Waals surface area contributed by atoms with E-state index in [1.807, 2.05) is 11.9 Å². The number of aromatic amines is 1. The van der Waals surface area contributed by atoms with Crippen LogP contribution >= 0.6 is 11.6 Å². The third kappa shape index (κ3) is 2.55. The quantitative estimate of drug-likeness (QED) is 0.867. The van der Waals surface area contributed by atoms with Gasteiger partial charge in [-0.1, -0.05) is 32.4 Å². The molecule has 1 aromatic heterocycles. The molecule has 0 saturated heterocycles. The number of hydrogen-bond acceptors (Lipinski definition) is 3. The first kappa shape index (κ1) is 13.0. The van der Waals surface area contributed by atoms with Crippen LogP contribution in [0.1, 0.15) is 27.7 Å². The Morgan fingerprint density at radius 1 is 1.50 bits per heavy atom. The van der Waals surface area contributed by atoms with Gasteiger partial charge in [-0.25, -0.2) is 4.98 Å². The number of hydrogen-bond donors (Lipinski definition) is 1. The highest BCUT2D eigenvalue weighted by Crippen LogP contribution is 2.28. The van der Waals surface area contributed by atoms with Gasteiger partial charge in [0.1, 0.15) is 5.02 Å². The van der Waals surface area contributed by atoms with Crippen molar-refractivity contribution in [3.8, 4) is 0 Å². The smallest absolute Gasteiger partial charge is 0.271 e. The van der Waals surface area contributed by atoms with E-state index in [2.05, 4.69) is 37.7 Å². The third-order valence-electron chi connectivity index (χ3n) is 2.95. The van der Waals surface area contributed by atoms with Crippen LogP contribution in [0.3, 0.4) is 0 Å². The first-order valence-corrected chi connectivity index (χ1v) is 5.59. The van der Waals surface area contributed by atoms with E-state index >= 15 is 0 Å². The Bertz CT molecular complexity index is 422. The largest absolute Gasteiger partial charge is 0.355 e. The van der Waals surface area contributed by atoms with Crippen molar-refractivity contribution in [3.63, 3.8) is 0 Å². The van der Waals surface area contributed by atoms with Gasteiger partial charge in [-0.15, -0.1) is 0 Å². The summed E-state index contributed by atoms with van der Waals surface area (Å²) < 4.78 is 0. The van der Waals surface area contributed by atoms with Crippen molar-refractivity contribution in [2.75, 3.05) is 11.9 Å². The topological polar surface area (TPSA) is 49.0 Å². The molecule has 0 bridgehead atoms. The molecule has 0 saturated carbocycles. The Morgan fingerprint density at radius 2 is 2.06 bits per heavy atom. The summed E-state index contributed by atoms with van der Waals surface area (Å²) in [6.45, 7) is 8.49. The fraction of sp³-hybridized carbons (Fsp3) is 0.636. The molecule has 0 aliphatic heterocycles. The van der Waals surface area contributed by atoms with Crippen molar-refractivity contribution in [1.29, 1.82) is 0 Å². The van der Waals surface area contributed by atoms with Gasteiger partial charge in [0.05, 0.1) is 6.33 Å². The van der Waals surface area contributed by atoms with E-state index in [-0.39, 0.29) is 22.0 Å². The summed E-state index contributed by atoms with van der Waals surface area (Å²) in [5, 5.41) is 0.140. The highest BCUT2D eigenvalue weighted by molar-refractivity contribution is 6.32. The molecule has 1 N–H and O–H groups in total. The van der Waals surface area contributed by atoms with Gasteiger partial charge in [0, 0.05) is 13.1 Å². The molecular weight excluding hydrogens is 226 g/mol. The predicted octanol–water partition coefficient (Wildman–Crippen LogP) is 2.29. The number of halogens is 1. The minimum atomic E-state index is -0.306. The maximum Gasteiger partial charge on any atom is 0.271 e. The number of anilines is 1. The van der Waals surface area contributed by atoms with Crippen molar-refractivity contribution in [2.45, 2.75) is 33.7 Å². The first-order chi connectivity index (χ1) is 7.25. The predicted molar refractivity (Wildman–Crippen MR) is 67.2 cm³/mol. The Balaban J connectivity index is 3.11. The SMILES string of the molecule is CC(N(C)c1nc[nH]c(=O)c1Cl)C(C)(C)C. The minimum Gasteiger partial charge on any atom is -0.355 e. The average molecular weight is 244 g/mol. The lowest BCUT2D eigenvalue weighted by molar-refractivity contribution is 0.328. The summed E-state index contributed by atoms with van der Waals surface area (Å²) in [6, 6.07) is 0.222. The molecular formula is C11H18ClN3O. The minimum absolute atomic E-state index is 0.0857. The van der Waals surface area contributed by atoms with Crippen LogP contribution in [0.4, 0.5) is 5.82 Å². The molecule has 1 heterocycles. The zero-order valence-electron chi connectivity index (χ0n) is 10.3. The van der Waals surface area contributed by atoms with Gasteiger partial charge in [0.25, 0.3) is 5.56 Å². The summed E-state index contributed by atoms with van der Waals surface area (Å²) in [6.07, 6.45) is 1.37. The van der Waals surface area contributed by atoms with Gasteiger partial charge in [0.15, 0.2) is 5.82 Å². The molecule has 0 spiro atoms. The highest BCUT2D eigenvalue weighted by atomic mass is 35.5. The number of rotatable bonds is 2. The second kappa shape index (κ2) is 4.45. The van der Waals surface area contributed by atoms with Crippen LogP contribution < -0.4 is 10.5 Å². The number of nitrogens with zero attached hydrogens (tertiary/aromatic N) is 2. The normalized spacial score (nSPS) is 13.6. The fourth-order valence-corrected chi connectivity index (χ4v) is 1.62. The Morgan fingerprint density at radius 3 is 2.56 bits per heavy atom. The van der Waals surface area contributed by atoms with E-state index in [0.717, 1.165) is 0 Å². The van der Waals surface area contributed by atoms with Crippen molar-refractivity contribution < 1.29 is 0 Å². The van der Waals surface area contributed by atoms with Crippen LogP contribution in [0, 0.1) is 5.41 Å². The summed E-state index contributed by atoms with van der Waals surface area (Å²) in [4.78, 5) is 19.8. The van der Waals surface area contributed by atoms with Crippen molar-refractivity contribution in [3.05, 3.63) is 21.7 Å². The molecule has 0 amide bonds. The standard InChI is InChI=1S/C11H18ClN3O/c1-7(11(2,3)4)15(5)9-8(12)10(16)14-6-13-9/h6-7H,1-5H3,(H,13,14,16). The summed E-state index contributed by atoms with van der Waals surface area (Å²) >= 11 is 5.93. The molecule has 0 aliphatic rings. The summed E-state index contributed by atoms with van der Waals surface area (Å²) in [7, 11) is 1.89.